The van der Waals surface area contributed by atoms with Gasteiger partial charge < -0.3 is 44.5 Å². The van der Waals surface area contributed by atoms with Gasteiger partial charge >= 0.3 is 17.7 Å². The van der Waals surface area contributed by atoms with Crippen molar-refractivity contribution >= 4 is 40.9 Å². The second-order valence-corrected chi connectivity index (χ2v) is 18.3. The van der Waals surface area contributed by atoms with E-state index in [4.69, 9.17) is 23.7 Å². The molecule has 1 fully saturated rings. The maximum atomic E-state index is 15.2. The van der Waals surface area contributed by atoms with Crippen LogP contribution in [0, 0.1) is 43.4 Å². The number of hydrogen-bond donors (Lipinski definition) is 4. The molecule has 354 valence electrons. The Hall–Kier alpha value is -5.90. The molecule has 7 rings (SSSR count). The fourth-order valence-corrected chi connectivity index (χ4v) is 9.23. The van der Waals surface area contributed by atoms with Gasteiger partial charge in [-0.3, -0.25) is 28.8 Å². The van der Waals surface area contributed by atoms with Crippen molar-refractivity contribution in [3.63, 3.8) is 0 Å². The van der Waals surface area contributed by atoms with Gasteiger partial charge in [-0.05, 0) is 51.8 Å². The van der Waals surface area contributed by atoms with Gasteiger partial charge in [-0.1, -0.05) is 82.9 Å². The Morgan fingerprint density at radius 1 is 0.848 bits per heavy atom. The molecular formula is C51H62N2O13. The number of allylic oxidation sites excluding steroid dienone is 4. The highest BCUT2D eigenvalue weighted by Gasteiger charge is 2.53. The lowest BCUT2D eigenvalue weighted by atomic mass is 9.78. The number of aliphatic hydroxyl groups excluding tert-OH is 2. The largest absolute Gasteiger partial charge is 0.462 e. The average Bonchev–Trinajstić information content (AvgIpc) is 3.56. The van der Waals surface area contributed by atoms with E-state index in [1.165, 1.54) is 53.2 Å². The number of aryl methyl sites for hydroxylation is 1. The highest BCUT2D eigenvalue weighted by atomic mass is 16.7. The average molecular weight is 911 g/mol. The summed E-state index contributed by atoms with van der Waals surface area (Å²) < 4.78 is 30.1. The molecule has 15 heteroatoms. The molecule has 3 aliphatic heterocycles. The van der Waals surface area contributed by atoms with Crippen molar-refractivity contribution in [2.24, 2.45) is 29.6 Å². The minimum atomic E-state index is -2.14. The van der Waals surface area contributed by atoms with Gasteiger partial charge in [0.05, 0.1) is 47.2 Å². The summed E-state index contributed by atoms with van der Waals surface area (Å²) in [6, 6.07) is 6.94. The summed E-state index contributed by atoms with van der Waals surface area (Å²) in [6.07, 6.45) is 7.06. The van der Waals surface area contributed by atoms with Crippen LogP contribution in [0.15, 0.2) is 71.8 Å². The van der Waals surface area contributed by atoms with Gasteiger partial charge in [0.15, 0.2) is 0 Å². The summed E-state index contributed by atoms with van der Waals surface area (Å²) >= 11 is 0. The number of ketones is 3. The smallest absolute Gasteiger partial charge is 0.314 e. The monoisotopic (exact) mass is 910 g/mol. The van der Waals surface area contributed by atoms with Gasteiger partial charge in [0.2, 0.25) is 11.6 Å². The molecule has 2 aromatic carbocycles. The molecule has 3 heterocycles. The number of ether oxygens (including phenoxy) is 5. The molecule has 4 N–H and O–H groups in total. The van der Waals surface area contributed by atoms with E-state index in [1.807, 2.05) is 6.92 Å². The number of benzene rings is 2. The van der Waals surface area contributed by atoms with E-state index in [0.717, 1.165) is 24.8 Å². The third-order valence-electron chi connectivity index (χ3n) is 13.4. The number of amides is 1. The van der Waals surface area contributed by atoms with Crippen LogP contribution in [-0.4, -0.2) is 82.7 Å². The van der Waals surface area contributed by atoms with Crippen LogP contribution in [-0.2, 0) is 28.6 Å². The second kappa shape index (κ2) is 20.3. The van der Waals surface area contributed by atoms with E-state index in [9.17, 15) is 29.4 Å². The first kappa shape index (κ1) is 49.5. The van der Waals surface area contributed by atoms with Gasteiger partial charge in [-0.15, -0.1) is 0 Å². The molecule has 1 saturated carbocycles. The first-order valence-electron chi connectivity index (χ1n) is 22.6. The minimum absolute atomic E-state index is 0.0803. The zero-order valence-corrected chi connectivity index (χ0v) is 39.3. The Morgan fingerprint density at radius 2 is 1.52 bits per heavy atom. The standard InChI is InChI=1S/C51H62N2O13/c1-25-19-21-34(22-20-25)52-39-40-44(58)37-36(43(39)57)38-47(31(7)46(37)65-50(61)33-17-12-11-13-18-33)66-51(9,48(38)59)63-24-23-35(62-10)28(4)45(64-32(8)54)30(6)42(56)29(5)41(55)26(2)15-14-16-27(3)49(60)53-40/h14-16,19-24,26,28-30,33,35,41-42,45,52,55-56H,11-13,17-18H2,1-10H3,(H,53,60)/t26-,28+,29+,30-,35-,41-,42-,45+,51-/m0/s1. The van der Waals surface area contributed by atoms with Crippen LogP contribution < -0.4 is 20.1 Å². The van der Waals surface area contributed by atoms with Crippen LogP contribution in [0.1, 0.15) is 123 Å². The van der Waals surface area contributed by atoms with E-state index >= 15 is 9.59 Å². The number of nitrogens with one attached hydrogen (secondary N) is 2. The number of methoxy groups -OCH3 is 1. The third kappa shape index (κ3) is 9.93. The van der Waals surface area contributed by atoms with Gasteiger partial charge in [0, 0.05) is 61.5 Å². The lowest BCUT2D eigenvalue weighted by Crippen LogP contribution is -2.46. The summed E-state index contributed by atoms with van der Waals surface area (Å²) in [5.41, 5.74) is -0.363. The molecule has 2 aromatic rings. The minimum Gasteiger partial charge on any atom is -0.462 e. The summed E-state index contributed by atoms with van der Waals surface area (Å²) in [6.45, 7) is 14.4. The number of anilines is 1. The first-order valence-corrected chi connectivity index (χ1v) is 22.6. The predicted octanol–water partition coefficient (Wildman–Crippen LogP) is 7.16. The zero-order chi connectivity index (χ0) is 48.4. The summed E-state index contributed by atoms with van der Waals surface area (Å²) in [5.74, 6) is -10.2. The van der Waals surface area contributed by atoms with Crippen molar-refractivity contribution in [1.29, 1.82) is 0 Å². The van der Waals surface area contributed by atoms with Crippen LogP contribution in [0.5, 0.6) is 11.5 Å². The number of carbonyl (C=O) groups excluding carboxylic acids is 6. The molecule has 0 saturated heterocycles. The summed E-state index contributed by atoms with van der Waals surface area (Å²) in [5, 5.41) is 28.7. The quantitative estimate of drug-likeness (QED) is 0.167. The lowest BCUT2D eigenvalue weighted by Gasteiger charge is -2.38. The number of aliphatic hydroxyl groups is 2. The van der Waals surface area contributed by atoms with Crippen LogP contribution in [0.3, 0.4) is 0 Å². The van der Waals surface area contributed by atoms with Crippen LogP contribution >= 0.6 is 0 Å². The van der Waals surface area contributed by atoms with E-state index in [-0.39, 0.29) is 33.9 Å². The Balaban J connectivity index is 1.55. The first-order chi connectivity index (χ1) is 31.2. The van der Waals surface area contributed by atoms with Crippen molar-refractivity contribution in [3.05, 3.63) is 99.6 Å². The van der Waals surface area contributed by atoms with Gasteiger partial charge in [-0.25, -0.2) is 0 Å². The third-order valence-corrected chi connectivity index (χ3v) is 13.4. The van der Waals surface area contributed by atoms with Crippen LogP contribution in [0.25, 0.3) is 0 Å². The van der Waals surface area contributed by atoms with Gasteiger partial charge in [0.1, 0.15) is 29.0 Å². The van der Waals surface area contributed by atoms with E-state index in [0.29, 0.717) is 18.5 Å². The van der Waals surface area contributed by atoms with Gasteiger partial charge in [-0.2, -0.15) is 0 Å². The molecule has 0 radical (unpaired) electrons. The van der Waals surface area contributed by atoms with Crippen molar-refractivity contribution < 1.29 is 62.7 Å². The lowest BCUT2D eigenvalue weighted by molar-refractivity contribution is -0.160. The van der Waals surface area contributed by atoms with Crippen molar-refractivity contribution in [2.45, 2.75) is 125 Å². The predicted molar refractivity (Wildman–Crippen MR) is 244 cm³/mol. The maximum absolute atomic E-state index is 15.2. The molecule has 0 unspecified atom stereocenters. The Labute approximate surface area is 385 Å². The van der Waals surface area contributed by atoms with E-state index in [1.54, 1.807) is 64.1 Å². The fraction of sp³-hybridized carbons (Fsp3) is 0.490. The van der Waals surface area contributed by atoms with Crippen LogP contribution in [0.2, 0.25) is 0 Å². The zero-order valence-electron chi connectivity index (χ0n) is 39.3. The van der Waals surface area contributed by atoms with Gasteiger partial charge in [0.25, 0.3) is 11.7 Å². The number of hydrogen-bond acceptors (Lipinski definition) is 14. The normalized spacial score (nSPS) is 28.9. The number of esters is 2. The summed E-state index contributed by atoms with van der Waals surface area (Å²) in [7, 11) is 1.43. The molecule has 66 heavy (non-hydrogen) atoms. The fourth-order valence-electron chi connectivity index (χ4n) is 9.23. The Morgan fingerprint density at radius 3 is 2.15 bits per heavy atom. The molecule has 2 aliphatic carbocycles. The molecule has 9 atom stereocenters. The van der Waals surface area contributed by atoms with Crippen molar-refractivity contribution in [2.75, 3.05) is 12.4 Å². The summed E-state index contributed by atoms with van der Waals surface area (Å²) in [4.78, 5) is 85.5. The van der Waals surface area contributed by atoms with Crippen molar-refractivity contribution in [1.82, 2.24) is 5.32 Å². The van der Waals surface area contributed by atoms with E-state index < -0.39 is 112 Å². The number of carbonyl (C=O) groups is 6. The van der Waals surface area contributed by atoms with Crippen LogP contribution in [0.4, 0.5) is 5.69 Å². The second-order valence-electron chi connectivity index (χ2n) is 18.3. The SMILES string of the molecule is CO[C@H]1C=CO[C@@]2(C)Oc3c(C)c(OC(=O)C4CCCCC4)c4c(c3C2=O)C(=O)C(Nc2ccc(C)cc2)=C(NC(=O)C(C)=CC=C[C@H](C)[C@H](O)[C@@H](C)[C@H](O)[C@H](C)[C@H](OC(C)=O)[C@@H]1C)C4=O. The molecular weight excluding hydrogens is 849 g/mol. The molecule has 0 spiro atoms. The Bertz CT molecular complexity index is 2390. The molecule has 5 bridgehead atoms. The molecule has 5 aliphatic rings. The topological polar surface area (TPSA) is 213 Å². The molecule has 1 amide bonds. The Kier molecular flexibility index (Phi) is 15.2. The number of fused-ring (bicyclic) bond motifs is 14. The van der Waals surface area contributed by atoms with Crippen molar-refractivity contribution in [3.8, 4) is 11.5 Å². The molecule has 15 nitrogen and oxygen atoms in total. The van der Waals surface area contributed by atoms with E-state index in [2.05, 4.69) is 10.6 Å². The molecule has 0 aromatic heterocycles. The number of rotatable bonds is 6. The highest BCUT2D eigenvalue weighted by Crippen LogP contribution is 2.49. The highest BCUT2D eigenvalue weighted by molar-refractivity contribution is 6.33. The number of Topliss-reactive ketones (excluding diaryl/α,β-unsaturated/α-hetero) is 3. The maximum Gasteiger partial charge on any atom is 0.314 e.